The summed E-state index contributed by atoms with van der Waals surface area (Å²) in [6, 6.07) is 9.69. The minimum atomic E-state index is -0.772. The number of amides is 1. The van der Waals surface area contributed by atoms with E-state index >= 15 is 0 Å². The molecule has 0 saturated carbocycles. The predicted molar refractivity (Wildman–Crippen MR) is 129 cm³/mol. The fourth-order valence-electron chi connectivity index (χ4n) is 4.07. The van der Waals surface area contributed by atoms with Crippen molar-refractivity contribution in [2.75, 3.05) is 48.0 Å². The number of Topliss-reactive ketones (excluding diaryl/α,β-unsaturated/α-hetero) is 1. The third-order valence-electron chi connectivity index (χ3n) is 5.82. The molecule has 2 aromatic carbocycles. The van der Waals surface area contributed by atoms with Gasteiger partial charge in [-0.1, -0.05) is 6.07 Å². The molecular formula is C26H32N2O6. The fraction of sp³-hybridized carbons (Fsp3) is 0.385. The van der Waals surface area contributed by atoms with Crippen molar-refractivity contribution in [1.82, 2.24) is 9.80 Å². The van der Waals surface area contributed by atoms with Crippen molar-refractivity contribution >= 4 is 17.4 Å². The quantitative estimate of drug-likeness (QED) is 0.343. The number of aliphatic hydroxyl groups is 1. The fourth-order valence-corrected chi connectivity index (χ4v) is 4.07. The van der Waals surface area contributed by atoms with Gasteiger partial charge in [0.1, 0.15) is 11.5 Å². The van der Waals surface area contributed by atoms with Crippen LogP contribution in [0.15, 0.2) is 42.0 Å². The van der Waals surface area contributed by atoms with Gasteiger partial charge in [-0.25, -0.2) is 0 Å². The van der Waals surface area contributed by atoms with E-state index in [-0.39, 0.29) is 11.3 Å². The minimum absolute atomic E-state index is 0.0447. The molecule has 0 aromatic heterocycles. The Morgan fingerprint density at radius 2 is 1.79 bits per heavy atom. The first kappa shape index (κ1) is 25.1. The lowest BCUT2D eigenvalue weighted by Crippen LogP contribution is -2.35. The second-order valence-corrected chi connectivity index (χ2v) is 8.32. The highest BCUT2D eigenvalue weighted by Gasteiger charge is 2.46. The number of methoxy groups -OCH3 is 2. The lowest BCUT2D eigenvalue weighted by molar-refractivity contribution is -0.140. The highest BCUT2D eigenvalue weighted by molar-refractivity contribution is 6.46. The van der Waals surface area contributed by atoms with Crippen LogP contribution in [0.3, 0.4) is 0 Å². The Bertz CT molecular complexity index is 1110. The van der Waals surface area contributed by atoms with Gasteiger partial charge in [-0.05, 0) is 69.4 Å². The monoisotopic (exact) mass is 468 g/mol. The van der Waals surface area contributed by atoms with E-state index in [1.807, 2.05) is 32.8 Å². The van der Waals surface area contributed by atoms with Crippen LogP contribution in [0.5, 0.6) is 17.2 Å². The van der Waals surface area contributed by atoms with Crippen molar-refractivity contribution < 1.29 is 28.9 Å². The Morgan fingerprint density at radius 3 is 2.38 bits per heavy atom. The summed E-state index contributed by atoms with van der Waals surface area (Å²) in [7, 11) is 6.88. The molecule has 3 rings (SSSR count). The Hall–Kier alpha value is -3.52. The van der Waals surface area contributed by atoms with Gasteiger partial charge in [0.15, 0.2) is 11.5 Å². The SMILES string of the molecule is CCOc1ccc([C@@H]2/C(=C(\O)c3ccc(OC)cc3C)C(=O)C(=O)N2CCN(C)C)cc1OC. The van der Waals surface area contributed by atoms with Crippen molar-refractivity contribution in [2.45, 2.75) is 19.9 Å². The highest BCUT2D eigenvalue weighted by atomic mass is 16.5. The molecule has 8 heteroatoms. The zero-order valence-electron chi connectivity index (χ0n) is 20.5. The number of benzene rings is 2. The Balaban J connectivity index is 2.20. The Labute approximate surface area is 200 Å². The smallest absolute Gasteiger partial charge is 0.295 e. The molecule has 34 heavy (non-hydrogen) atoms. The molecule has 1 amide bonds. The summed E-state index contributed by atoms with van der Waals surface area (Å²) >= 11 is 0. The summed E-state index contributed by atoms with van der Waals surface area (Å²) in [6.45, 7) is 5.03. The van der Waals surface area contributed by atoms with Crippen LogP contribution in [0.2, 0.25) is 0 Å². The highest BCUT2D eigenvalue weighted by Crippen LogP contribution is 2.42. The summed E-state index contributed by atoms with van der Waals surface area (Å²) in [5.41, 5.74) is 1.88. The first-order chi connectivity index (χ1) is 16.2. The number of carbonyl (C=O) groups is 2. The van der Waals surface area contributed by atoms with Gasteiger partial charge >= 0.3 is 0 Å². The first-order valence-electron chi connectivity index (χ1n) is 11.1. The Kier molecular flexibility index (Phi) is 7.83. The second kappa shape index (κ2) is 10.6. The van der Waals surface area contributed by atoms with Crippen LogP contribution in [-0.4, -0.2) is 74.6 Å². The molecule has 2 aromatic rings. The third kappa shape index (κ3) is 4.87. The number of likely N-dealkylation sites (N-methyl/N-ethyl adjacent to an activating group) is 1. The number of aryl methyl sites for hydroxylation is 1. The van der Waals surface area contributed by atoms with Gasteiger partial charge in [0.2, 0.25) is 0 Å². The summed E-state index contributed by atoms with van der Waals surface area (Å²) < 4.78 is 16.4. The number of ether oxygens (including phenoxy) is 3. The van der Waals surface area contributed by atoms with E-state index in [0.29, 0.717) is 48.1 Å². The van der Waals surface area contributed by atoms with Crippen LogP contribution in [-0.2, 0) is 9.59 Å². The van der Waals surface area contributed by atoms with Crippen LogP contribution < -0.4 is 14.2 Å². The normalized spacial score (nSPS) is 17.4. The zero-order chi connectivity index (χ0) is 25.0. The molecule has 8 nitrogen and oxygen atoms in total. The zero-order valence-corrected chi connectivity index (χ0v) is 20.5. The van der Waals surface area contributed by atoms with Crippen molar-refractivity contribution in [3.8, 4) is 17.2 Å². The number of rotatable bonds is 9. The predicted octanol–water partition coefficient (Wildman–Crippen LogP) is 3.39. The first-order valence-corrected chi connectivity index (χ1v) is 11.1. The van der Waals surface area contributed by atoms with Gasteiger partial charge in [0, 0.05) is 18.7 Å². The van der Waals surface area contributed by atoms with Gasteiger partial charge in [-0.3, -0.25) is 9.59 Å². The van der Waals surface area contributed by atoms with E-state index < -0.39 is 17.7 Å². The van der Waals surface area contributed by atoms with Crippen LogP contribution in [0, 0.1) is 6.92 Å². The lowest BCUT2D eigenvalue weighted by atomic mass is 9.93. The van der Waals surface area contributed by atoms with Crippen molar-refractivity contribution in [3.05, 3.63) is 58.7 Å². The molecule has 1 aliphatic heterocycles. The molecule has 1 aliphatic rings. The van der Waals surface area contributed by atoms with Gasteiger partial charge in [-0.15, -0.1) is 0 Å². The van der Waals surface area contributed by atoms with Crippen LogP contribution in [0.4, 0.5) is 0 Å². The van der Waals surface area contributed by atoms with Crippen molar-refractivity contribution in [1.29, 1.82) is 0 Å². The summed E-state index contributed by atoms with van der Waals surface area (Å²) in [4.78, 5) is 29.7. The van der Waals surface area contributed by atoms with E-state index in [0.717, 1.165) is 5.56 Å². The summed E-state index contributed by atoms with van der Waals surface area (Å²) in [5.74, 6) is 0.0944. The number of nitrogens with zero attached hydrogens (tertiary/aromatic N) is 2. The molecule has 0 aliphatic carbocycles. The van der Waals surface area contributed by atoms with Crippen LogP contribution in [0.1, 0.15) is 29.7 Å². The lowest BCUT2D eigenvalue weighted by Gasteiger charge is -2.27. The number of carbonyl (C=O) groups excluding carboxylic acids is 2. The second-order valence-electron chi connectivity index (χ2n) is 8.32. The van der Waals surface area contributed by atoms with Crippen molar-refractivity contribution in [2.24, 2.45) is 0 Å². The molecule has 1 atom stereocenters. The topological polar surface area (TPSA) is 88.5 Å². The molecule has 1 fully saturated rings. The maximum absolute atomic E-state index is 13.2. The number of ketones is 1. The molecule has 182 valence electrons. The minimum Gasteiger partial charge on any atom is -0.507 e. The van der Waals surface area contributed by atoms with E-state index in [1.54, 1.807) is 43.5 Å². The van der Waals surface area contributed by atoms with Gasteiger partial charge < -0.3 is 29.1 Å². The number of likely N-dealkylation sites (tertiary alicyclic amines) is 1. The molecule has 0 radical (unpaired) electrons. The maximum Gasteiger partial charge on any atom is 0.295 e. The third-order valence-corrected chi connectivity index (χ3v) is 5.82. The summed E-state index contributed by atoms with van der Waals surface area (Å²) in [6.07, 6.45) is 0. The number of hydrogen-bond acceptors (Lipinski definition) is 7. The molecule has 1 heterocycles. The number of hydrogen-bond donors (Lipinski definition) is 1. The average molecular weight is 469 g/mol. The Morgan fingerprint density at radius 1 is 1.06 bits per heavy atom. The molecule has 0 unspecified atom stereocenters. The molecule has 1 saturated heterocycles. The molecule has 0 spiro atoms. The average Bonchev–Trinajstić information content (AvgIpc) is 3.07. The molecule has 0 bridgehead atoms. The van der Waals surface area contributed by atoms with Gasteiger partial charge in [0.25, 0.3) is 11.7 Å². The maximum atomic E-state index is 13.2. The largest absolute Gasteiger partial charge is 0.507 e. The van der Waals surface area contributed by atoms with Gasteiger partial charge in [0.05, 0.1) is 32.4 Å². The van der Waals surface area contributed by atoms with E-state index in [4.69, 9.17) is 14.2 Å². The van der Waals surface area contributed by atoms with Crippen LogP contribution in [0.25, 0.3) is 5.76 Å². The van der Waals surface area contributed by atoms with Crippen molar-refractivity contribution in [3.63, 3.8) is 0 Å². The standard InChI is InChI=1S/C26H32N2O6/c1-7-34-20-11-8-17(15-21(20)33-6)23-22(25(30)26(31)28(23)13-12-27(3)4)24(29)19-10-9-18(32-5)14-16(19)2/h8-11,14-15,23,29H,7,12-13H2,1-6H3/b24-22+/t23-/m1/s1. The number of aliphatic hydroxyl groups excluding tert-OH is 1. The summed E-state index contributed by atoms with van der Waals surface area (Å²) in [5, 5.41) is 11.3. The van der Waals surface area contributed by atoms with Crippen LogP contribution >= 0.6 is 0 Å². The van der Waals surface area contributed by atoms with E-state index in [1.165, 1.54) is 12.0 Å². The van der Waals surface area contributed by atoms with E-state index in [2.05, 4.69) is 0 Å². The molecule has 1 N–H and O–H groups in total. The molecular weight excluding hydrogens is 436 g/mol. The van der Waals surface area contributed by atoms with Gasteiger partial charge in [-0.2, -0.15) is 0 Å². The van der Waals surface area contributed by atoms with E-state index in [9.17, 15) is 14.7 Å².